The Morgan fingerprint density at radius 2 is 1.30 bits per heavy atom. The van der Waals surface area contributed by atoms with Crippen molar-refractivity contribution in [1.82, 2.24) is 5.32 Å². The van der Waals surface area contributed by atoms with Crippen LogP contribution in [0.15, 0.2) is 30.3 Å². The van der Waals surface area contributed by atoms with Crippen molar-refractivity contribution in [3.05, 3.63) is 35.9 Å². The van der Waals surface area contributed by atoms with Crippen LogP contribution in [0.4, 0.5) is 0 Å². The zero-order chi connectivity index (χ0) is 34.7. The third kappa shape index (κ3) is 15.3. The number of amides is 1. The van der Waals surface area contributed by atoms with E-state index in [0.29, 0.717) is 12.0 Å². The molecule has 0 bridgehead atoms. The van der Waals surface area contributed by atoms with Gasteiger partial charge in [-0.25, -0.2) is 0 Å². The van der Waals surface area contributed by atoms with E-state index in [1.165, 1.54) is 79.1 Å². The molecule has 0 spiro atoms. The molecule has 2 rings (SSSR count). The highest BCUT2D eigenvalue weighted by Crippen LogP contribution is 2.35. The molecule has 11 nitrogen and oxygen atoms in total. The van der Waals surface area contributed by atoms with Crippen molar-refractivity contribution >= 4 is 29.8 Å². The minimum Gasteiger partial charge on any atom is -0.463 e. The minimum absolute atomic E-state index is 0.0908. The standard InChI is InChI=1S/C36H55NO10/c1-6-7-8-9-10-11-12-13-14-15-16-20-23-30(41)37-32-33(44-27(3)39)34(45-28(4)40)36(5,25-43-26(2)38)47-35(32)46-31(42)24-29-21-18-17-19-22-29/h17-19,21-22,32-35H,6-16,20,23-25H2,1-5H3,(H,37,41). The molecule has 1 aromatic rings. The summed E-state index contributed by atoms with van der Waals surface area (Å²) in [6.07, 6.45) is 9.84. The third-order valence-corrected chi connectivity index (χ3v) is 8.11. The van der Waals surface area contributed by atoms with Gasteiger partial charge in [0.1, 0.15) is 18.2 Å². The molecule has 0 saturated carbocycles. The zero-order valence-electron chi connectivity index (χ0n) is 28.9. The minimum atomic E-state index is -1.61. The Hall–Kier alpha value is -3.47. The molecule has 1 amide bonds. The predicted octanol–water partition coefficient (Wildman–Crippen LogP) is 5.89. The monoisotopic (exact) mass is 661 g/mol. The Balaban J connectivity index is 2.12. The van der Waals surface area contributed by atoms with E-state index in [1.54, 1.807) is 24.3 Å². The fraction of sp³-hybridized carbons (Fsp3) is 0.694. The van der Waals surface area contributed by atoms with Crippen LogP contribution in [-0.2, 0) is 54.1 Å². The molecule has 1 aliphatic rings. The first-order valence-corrected chi connectivity index (χ1v) is 17.1. The van der Waals surface area contributed by atoms with E-state index in [1.807, 2.05) is 6.07 Å². The largest absolute Gasteiger partial charge is 0.463 e. The number of rotatable bonds is 21. The van der Waals surface area contributed by atoms with Gasteiger partial charge in [0.05, 0.1) is 6.42 Å². The van der Waals surface area contributed by atoms with Crippen LogP contribution in [0.1, 0.15) is 124 Å². The lowest BCUT2D eigenvalue weighted by Gasteiger charge is -2.49. The average Bonchev–Trinajstić information content (AvgIpc) is 3.00. The molecule has 47 heavy (non-hydrogen) atoms. The van der Waals surface area contributed by atoms with E-state index >= 15 is 0 Å². The number of ether oxygens (including phenoxy) is 5. The molecule has 1 heterocycles. The molecular formula is C36H55NO10. The smallest absolute Gasteiger partial charge is 0.312 e. The topological polar surface area (TPSA) is 144 Å². The van der Waals surface area contributed by atoms with Crippen molar-refractivity contribution in [2.24, 2.45) is 0 Å². The van der Waals surface area contributed by atoms with E-state index in [2.05, 4.69) is 12.2 Å². The van der Waals surface area contributed by atoms with E-state index in [0.717, 1.165) is 19.3 Å². The maximum atomic E-state index is 13.2. The van der Waals surface area contributed by atoms with Crippen LogP contribution in [0.2, 0.25) is 0 Å². The first-order chi connectivity index (χ1) is 22.4. The first-order valence-electron chi connectivity index (χ1n) is 17.1. The van der Waals surface area contributed by atoms with Gasteiger partial charge in [-0.2, -0.15) is 0 Å². The van der Waals surface area contributed by atoms with Gasteiger partial charge in [0.25, 0.3) is 0 Å². The van der Waals surface area contributed by atoms with Gasteiger partial charge in [-0.05, 0) is 18.9 Å². The lowest BCUT2D eigenvalue weighted by molar-refractivity contribution is -0.304. The molecule has 5 atom stereocenters. The van der Waals surface area contributed by atoms with E-state index < -0.39 is 60.6 Å². The summed E-state index contributed by atoms with van der Waals surface area (Å²) in [4.78, 5) is 62.6. The van der Waals surface area contributed by atoms with Crippen LogP contribution in [0.25, 0.3) is 0 Å². The molecule has 11 heteroatoms. The Bertz CT molecular complexity index is 1130. The first kappa shape index (κ1) is 39.7. The third-order valence-electron chi connectivity index (χ3n) is 8.11. The van der Waals surface area contributed by atoms with Crippen molar-refractivity contribution < 1.29 is 47.7 Å². The lowest BCUT2D eigenvalue weighted by atomic mass is 9.86. The molecule has 264 valence electrons. The number of hydrogen-bond donors (Lipinski definition) is 1. The fourth-order valence-corrected chi connectivity index (χ4v) is 5.72. The van der Waals surface area contributed by atoms with Crippen LogP contribution in [-0.4, -0.2) is 66.5 Å². The van der Waals surface area contributed by atoms with Crippen LogP contribution in [0, 0.1) is 0 Å². The highest BCUT2D eigenvalue weighted by atomic mass is 16.7. The summed E-state index contributed by atoms with van der Waals surface area (Å²) in [5, 5.41) is 2.82. The highest BCUT2D eigenvalue weighted by Gasteiger charge is 2.58. The van der Waals surface area contributed by atoms with E-state index in [9.17, 15) is 24.0 Å². The van der Waals surface area contributed by atoms with E-state index in [4.69, 9.17) is 23.7 Å². The average molecular weight is 662 g/mol. The molecule has 0 aliphatic carbocycles. The summed E-state index contributed by atoms with van der Waals surface area (Å²) in [5.41, 5.74) is -0.913. The van der Waals surface area contributed by atoms with Gasteiger partial charge in [0.2, 0.25) is 12.2 Å². The SMILES string of the molecule is CCCCCCCCCCCCCCC(=O)NC1C(OC(=O)Cc2ccccc2)OC(C)(COC(C)=O)C(OC(C)=O)C1OC(C)=O. The summed E-state index contributed by atoms with van der Waals surface area (Å²) in [7, 11) is 0. The summed E-state index contributed by atoms with van der Waals surface area (Å²) in [6.45, 7) is 6.84. The van der Waals surface area contributed by atoms with Gasteiger partial charge in [0.15, 0.2) is 12.2 Å². The molecule has 1 fully saturated rings. The second kappa shape index (κ2) is 21.4. The van der Waals surface area contributed by atoms with Crippen molar-refractivity contribution in [1.29, 1.82) is 0 Å². The van der Waals surface area contributed by atoms with Gasteiger partial charge in [-0.1, -0.05) is 108 Å². The predicted molar refractivity (Wildman–Crippen MR) is 175 cm³/mol. The Labute approximate surface area is 279 Å². The van der Waals surface area contributed by atoms with Crippen LogP contribution in [0.5, 0.6) is 0 Å². The number of nitrogens with one attached hydrogen (secondary N) is 1. The van der Waals surface area contributed by atoms with Gasteiger partial charge in [-0.15, -0.1) is 0 Å². The van der Waals surface area contributed by atoms with Crippen molar-refractivity contribution in [2.45, 2.75) is 155 Å². The zero-order valence-corrected chi connectivity index (χ0v) is 28.9. The van der Waals surface area contributed by atoms with Crippen molar-refractivity contribution in [2.75, 3.05) is 6.61 Å². The summed E-state index contributed by atoms with van der Waals surface area (Å²) < 4.78 is 28.3. The molecular weight excluding hydrogens is 606 g/mol. The van der Waals surface area contributed by atoms with Crippen molar-refractivity contribution in [3.63, 3.8) is 0 Å². The number of carbonyl (C=O) groups excluding carboxylic acids is 5. The number of carbonyl (C=O) groups is 5. The lowest BCUT2D eigenvalue weighted by Crippen LogP contribution is -2.71. The number of benzene rings is 1. The van der Waals surface area contributed by atoms with Crippen molar-refractivity contribution in [3.8, 4) is 0 Å². The molecule has 5 unspecified atom stereocenters. The number of esters is 4. The van der Waals surface area contributed by atoms with Gasteiger partial charge >= 0.3 is 23.9 Å². The summed E-state index contributed by atoms with van der Waals surface area (Å²) in [5.74, 6) is -3.10. The molecule has 1 aliphatic heterocycles. The van der Waals surface area contributed by atoms with Gasteiger partial charge < -0.3 is 29.0 Å². The van der Waals surface area contributed by atoms with E-state index in [-0.39, 0.29) is 18.7 Å². The Morgan fingerprint density at radius 1 is 0.745 bits per heavy atom. The maximum absolute atomic E-state index is 13.2. The number of hydrogen-bond acceptors (Lipinski definition) is 10. The van der Waals surface area contributed by atoms with Crippen LogP contribution in [0.3, 0.4) is 0 Å². The quantitative estimate of drug-likeness (QED) is 0.0962. The van der Waals surface area contributed by atoms with Crippen LogP contribution >= 0.6 is 0 Å². The van der Waals surface area contributed by atoms with Crippen LogP contribution < -0.4 is 5.32 Å². The second-order valence-corrected chi connectivity index (χ2v) is 12.6. The second-order valence-electron chi connectivity index (χ2n) is 12.6. The highest BCUT2D eigenvalue weighted by molar-refractivity contribution is 5.77. The van der Waals surface area contributed by atoms with Gasteiger partial charge in [-0.3, -0.25) is 24.0 Å². The summed E-state index contributed by atoms with van der Waals surface area (Å²) in [6, 6.07) is 7.70. The maximum Gasteiger partial charge on any atom is 0.312 e. The van der Waals surface area contributed by atoms with Gasteiger partial charge in [0, 0.05) is 27.2 Å². The fourth-order valence-electron chi connectivity index (χ4n) is 5.72. The Morgan fingerprint density at radius 3 is 1.83 bits per heavy atom. The number of unbranched alkanes of at least 4 members (excludes halogenated alkanes) is 11. The molecule has 0 radical (unpaired) electrons. The Kier molecular flexibility index (Phi) is 18.1. The molecule has 0 aromatic heterocycles. The molecule has 1 saturated heterocycles. The molecule has 1 N–H and O–H groups in total. The summed E-state index contributed by atoms with van der Waals surface area (Å²) >= 11 is 0. The normalized spacial score (nSPS) is 22.1. The molecule has 1 aromatic carbocycles.